The molecule has 5 heteroatoms. The lowest BCUT2D eigenvalue weighted by Crippen LogP contribution is -2.31. The Kier molecular flexibility index (Phi) is 5.46. The first-order valence-corrected chi connectivity index (χ1v) is 10.7. The van der Waals surface area contributed by atoms with E-state index in [0.717, 1.165) is 40.4 Å². The van der Waals surface area contributed by atoms with Gasteiger partial charge in [-0.05, 0) is 55.5 Å². The highest BCUT2D eigenvalue weighted by atomic mass is 16.5. The number of carbonyl (C=O) groups excluding carboxylic acids is 1. The molecule has 0 bridgehead atoms. The third-order valence-electron chi connectivity index (χ3n) is 5.62. The average molecular weight is 407 g/mol. The zero-order valence-electron chi connectivity index (χ0n) is 18.2. The summed E-state index contributed by atoms with van der Waals surface area (Å²) in [6.07, 6.45) is 1.37. The molecular formula is C25H30N2O3. The van der Waals surface area contributed by atoms with Gasteiger partial charge in [0.15, 0.2) is 17.3 Å². The van der Waals surface area contributed by atoms with Crippen LogP contribution in [-0.4, -0.2) is 19.0 Å². The minimum absolute atomic E-state index is 0.0674. The van der Waals surface area contributed by atoms with Crippen LogP contribution in [0.4, 0.5) is 11.4 Å². The van der Waals surface area contributed by atoms with E-state index in [1.165, 1.54) is 0 Å². The van der Waals surface area contributed by atoms with Crippen molar-refractivity contribution in [2.45, 2.75) is 46.6 Å². The standard InChI is InChI=1S/C25H30N2O3/c1-5-29-21-12-11-16(13-22(21)30-6-2)24-23-19(14-25(3,4)15-20(23)28)26-17-9-7-8-10-18(17)27-24/h7-13,24,26-27H,5-6,14-15H2,1-4H3/t24-/m0/s1. The zero-order chi connectivity index (χ0) is 21.3. The number of carbonyl (C=O) groups is 1. The third kappa shape index (κ3) is 3.89. The van der Waals surface area contributed by atoms with E-state index >= 15 is 0 Å². The van der Waals surface area contributed by atoms with E-state index in [1.807, 2.05) is 56.3 Å². The molecule has 2 aliphatic rings. The summed E-state index contributed by atoms with van der Waals surface area (Å²) in [6, 6.07) is 13.8. The van der Waals surface area contributed by atoms with Gasteiger partial charge in [-0.3, -0.25) is 4.79 Å². The Hall–Kier alpha value is -2.95. The maximum Gasteiger partial charge on any atom is 0.163 e. The maximum absolute atomic E-state index is 13.3. The number of ether oxygens (including phenoxy) is 2. The highest BCUT2D eigenvalue weighted by molar-refractivity contribution is 6.01. The number of fused-ring (bicyclic) bond motifs is 1. The van der Waals surface area contributed by atoms with Crippen LogP contribution in [0, 0.1) is 5.41 Å². The number of anilines is 2. The molecule has 0 saturated carbocycles. The first-order chi connectivity index (χ1) is 14.4. The minimum Gasteiger partial charge on any atom is -0.490 e. The molecule has 1 aliphatic heterocycles. The lowest BCUT2D eigenvalue weighted by molar-refractivity contribution is -0.118. The molecule has 4 rings (SSSR count). The van der Waals surface area contributed by atoms with E-state index in [9.17, 15) is 4.79 Å². The number of ketones is 1. The van der Waals surface area contributed by atoms with Crippen molar-refractivity contribution in [1.29, 1.82) is 0 Å². The van der Waals surface area contributed by atoms with Gasteiger partial charge in [0.25, 0.3) is 0 Å². The number of hydrogen-bond acceptors (Lipinski definition) is 5. The number of para-hydroxylation sites is 2. The summed E-state index contributed by atoms with van der Waals surface area (Å²) in [4.78, 5) is 13.3. The SMILES string of the molecule is CCOc1ccc([C@@H]2Nc3ccccc3NC3=C2C(=O)CC(C)(C)C3)cc1OCC. The van der Waals surface area contributed by atoms with Crippen LogP contribution in [0.15, 0.2) is 53.7 Å². The van der Waals surface area contributed by atoms with E-state index < -0.39 is 0 Å². The normalized spacial score (nSPS) is 19.7. The maximum atomic E-state index is 13.3. The van der Waals surface area contributed by atoms with E-state index in [1.54, 1.807) is 0 Å². The van der Waals surface area contributed by atoms with E-state index in [-0.39, 0.29) is 17.2 Å². The molecule has 1 heterocycles. The average Bonchev–Trinajstić information content (AvgIpc) is 2.85. The smallest absolute Gasteiger partial charge is 0.163 e. The van der Waals surface area contributed by atoms with Crippen LogP contribution >= 0.6 is 0 Å². The molecule has 158 valence electrons. The van der Waals surface area contributed by atoms with Gasteiger partial charge in [0.05, 0.1) is 30.6 Å². The van der Waals surface area contributed by atoms with Crippen LogP contribution in [-0.2, 0) is 4.79 Å². The van der Waals surface area contributed by atoms with Gasteiger partial charge in [-0.15, -0.1) is 0 Å². The fourth-order valence-electron chi connectivity index (χ4n) is 4.39. The third-order valence-corrected chi connectivity index (χ3v) is 5.62. The van der Waals surface area contributed by atoms with Crippen LogP contribution in [0.25, 0.3) is 0 Å². The van der Waals surface area contributed by atoms with Gasteiger partial charge < -0.3 is 20.1 Å². The molecule has 2 aromatic carbocycles. The predicted octanol–water partition coefficient (Wildman–Crippen LogP) is 5.71. The van der Waals surface area contributed by atoms with Crippen molar-refractivity contribution in [1.82, 2.24) is 0 Å². The lowest BCUT2D eigenvalue weighted by Gasteiger charge is -2.34. The van der Waals surface area contributed by atoms with Gasteiger partial charge >= 0.3 is 0 Å². The molecule has 5 nitrogen and oxygen atoms in total. The molecule has 0 fully saturated rings. The van der Waals surface area contributed by atoms with Crippen LogP contribution in [0.1, 0.15) is 52.1 Å². The number of allylic oxidation sites excluding steroid dienone is 1. The van der Waals surface area contributed by atoms with Gasteiger partial charge in [0.2, 0.25) is 0 Å². The lowest BCUT2D eigenvalue weighted by atomic mass is 9.73. The summed E-state index contributed by atoms with van der Waals surface area (Å²) in [5.74, 6) is 1.61. The molecule has 0 saturated heterocycles. The molecule has 0 radical (unpaired) electrons. The number of benzene rings is 2. The van der Waals surface area contributed by atoms with Crippen molar-refractivity contribution >= 4 is 17.2 Å². The molecule has 0 unspecified atom stereocenters. The van der Waals surface area contributed by atoms with Crippen molar-refractivity contribution in [2.24, 2.45) is 5.41 Å². The molecule has 0 spiro atoms. The predicted molar refractivity (Wildman–Crippen MR) is 120 cm³/mol. The van der Waals surface area contributed by atoms with Crippen molar-refractivity contribution in [3.8, 4) is 11.5 Å². The molecule has 2 N–H and O–H groups in total. The summed E-state index contributed by atoms with van der Waals surface area (Å²) in [6.45, 7) is 9.34. The second-order valence-corrected chi connectivity index (χ2v) is 8.65. The number of rotatable bonds is 5. The van der Waals surface area contributed by atoms with Crippen molar-refractivity contribution in [3.05, 3.63) is 59.3 Å². The number of hydrogen-bond donors (Lipinski definition) is 2. The first kappa shape index (κ1) is 20.3. The highest BCUT2D eigenvalue weighted by Gasteiger charge is 2.38. The Bertz CT molecular complexity index is 994. The van der Waals surface area contributed by atoms with Gasteiger partial charge in [-0.1, -0.05) is 32.0 Å². The largest absolute Gasteiger partial charge is 0.490 e. The summed E-state index contributed by atoms with van der Waals surface area (Å²) in [7, 11) is 0. The molecule has 30 heavy (non-hydrogen) atoms. The van der Waals surface area contributed by atoms with Gasteiger partial charge in [-0.2, -0.15) is 0 Å². The Morgan fingerprint density at radius 1 is 0.967 bits per heavy atom. The van der Waals surface area contributed by atoms with Gasteiger partial charge in [0, 0.05) is 17.7 Å². The van der Waals surface area contributed by atoms with E-state index in [0.29, 0.717) is 25.4 Å². The Labute approximate surface area is 178 Å². The van der Waals surface area contributed by atoms with Crippen molar-refractivity contribution in [3.63, 3.8) is 0 Å². The molecule has 1 atom stereocenters. The minimum atomic E-state index is -0.255. The van der Waals surface area contributed by atoms with Crippen LogP contribution in [0.3, 0.4) is 0 Å². The highest BCUT2D eigenvalue weighted by Crippen LogP contribution is 2.46. The second kappa shape index (κ2) is 8.05. The Balaban J connectivity index is 1.84. The van der Waals surface area contributed by atoms with Crippen molar-refractivity contribution in [2.75, 3.05) is 23.8 Å². The van der Waals surface area contributed by atoms with Crippen LogP contribution in [0.5, 0.6) is 11.5 Å². The zero-order valence-corrected chi connectivity index (χ0v) is 18.2. The molecule has 0 amide bonds. The Morgan fingerprint density at radius 3 is 2.40 bits per heavy atom. The van der Waals surface area contributed by atoms with Gasteiger partial charge in [0.1, 0.15) is 0 Å². The van der Waals surface area contributed by atoms with Gasteiger partial charge in [-0.25, -0.2) is 0 Å². The summed E-state index contributed by atoms with van der Waals surface area (Å²) in [5.41, 5.74) is 4.72. The topological polar surface area (TPSA) is 59.6 Å². The summed E-state index contributed by atoms with van der Waals surface area (Å²) in [5, 5.41) is 7.17. The monoisotopic (exact) mass is 406 g/mol. The molecule has 2 aromatic rings. The van der Waals surface area contributed by atoms with E-state index in [4.69, 9.17) is 9.47 Å². The fourth-order valence-corrected chi connectivity index (χ4v) is 4.39. The quantitative estimate of drug-likeness (QED) is 0.666. The number of Topliss-reactive ketones (excluding diaryl/α,β-unsaturated/α-hetero) is 1. The summed E-state index contributed by atoms with van der Waals surface area (Å²) >= 11 is 0. The second-order valence-electron chi connectivity index (χ2n) is 8.65. The molecule has 0 aromatic heterocycles. The molecule has 1 aliphatic carbocycles. The Morgan fingerprint density at radius 2 is 1.67 bits per heavy atom. The fraction of sp³-hybridized carbons (Fsp3) is 0.400. The summed E-state index contributed by atoms with van der Waals surface area (Å²) < 4.78 is 11.6. The molecular weight excluding hydrogens is 376 g/mol. The van der Waals surface area contributed by atoms with Crippen molar-refractivity contribution < 1.29 is 14.3 Å². The first-order valence-electron chi connectivity index (χ1n) is 10.7. The van der Waals surface area contributed by atoms with Crippen LogP contribution in [0.2, 0.25) is 0 Å². The number of nitrogens with one attached hydrogen (secondary N) is 2. The van der Waals surface area contributed by atoms with E-state index in [2.05, 4.69) is 24.5 Å². The van der Waals surface area contributed by atoms with Crippen LogP contribution < -0.4 is 20.1 Å².